The van der Waals surface area contributed by atoms with E-state index in [0.29, 0.717) is 29.6 Å². The maximum Gasteiger partial charge on any atom is 0.229 e. The minimum absolute atomic E-state index is 0.0119. The van der Waals surface area contributed by atoms with Gasteiger partial charge in [-0.3, -0.25) is 9.69 Å². The lowest BCUT2D eigenvalue weighted by Crippen LogP contribution is -2.47. The Morgan fingerprint density at radius 1 is 1.10 bits per heavy atom. The summed E-state index contributed by atoms with van der Waals surface area (Å²) in [4.78, 5) is 17.1. The SMILES string of the molecule is COc1ccc([C@H]2CC(=O)N3CN(c4ccc(C)c(C)c4)CSC3=C2C#N)c(OC)c1. The van der Waals surface area contributed by atoms with E-state index in [-0.39, 0.29) is 18.2 Å². The number of methoxy groups -OCH3 is 2. The maximum atomic E-state index is 13.2. The number of thioether (sulfide) groups is 1. The molecule has 1 saturated heterocycles. The van der Waals surface area contributed by atoms with Gasteiger partial charge in [0.05, 0.1) is 43.4 Å². The van der Waals surface area contributed by atoms with E-state index in [2.05, 4.69) is 43.0 Å². The molecule has 4 rings (SSSR count). The summed E-state index contributed by atoms with van der Waals surface area (Å²) >= 11 is 1.54. The summed E-state index contributed by atoms with van der Waals surface area (Å²) in [5.41, 5.74) is 4.99. The molecule has 0 aliphatic carbocycles. The van der Waals surface area contributed by atoms with Crippen molar-refractivity contribution < 1.29 is 14.3 Å². The van der Waals surface area contributed by atoms with Gasteiger partial charge >= 0.3 is 0 Å². The van der Waals surface area contributed by atoms with Crippen LogP contribution in [0.2, 0.25) is 0 Å². The average molecular weight is 436 g/mol. The number of carbonyl (C=O) groups is 1. The molecule has 2 heterocycles. The second kappa shape index (κ2) is 8.56. The van der Waals surface area contributed by atoms with Gasteiger partial charge in [0.1, 0.15) is 11.5 Å². The van der Waals surface area contributed by atoms with Crippen LogP contribution in [0.3, 0.4) is 0 Å². The van der Waals surface area contributed by atoms with Crippen LogP contribution in [0.1, 0.15) is 29.0 Å². The first-order valence-electron chi connectivity index (χ1n) is 10.1. The molecule has 0 bridgehead atoms. The molecule has 1 fully saturated rings. The second-order valence-corrected chi connectivity index (χ2v) is 8.67. The summed E-state index contributed by atoms with van der Waals surface area (Å²) in [6, 6.07) is 14.2. The highest BCUT2D eigenvalue weighted by Crippen LogP contribution is 2.45. The average Bonchev–Trinajstić information content (AvgIpc) is 2.80. The van der Waals surface area contributed by atoms with E-state index >= 15 is 0 Å². The normalized spacial score (nSPS) is 18.5. The fourth-order valence-corrected chi connectivity index (χ4v) is 5.19. The summed E-state index contributed by atoms with van der Waals surface area (Å²) in [6.07, 6.45) is 0.233. The van der Waals surface area contributed by atoms with E-state index in [0.717, 1.165) is 16.3 Å². The second-order valence-electron chi connectivity index (χ2n) is 7.74. The van der Waals surface area contributed by atoms with Crippen LogP contribution in [0.5, 0.6) is 11.5 Å². The van der Waals surface area contributed by atoms with Gasteiger partial charge in [-0.05, 0) is 43.2 Å². The molecule has 0 unspecified atom stereocenters. The predicted octanol–water partition coefficient (Wildman–Crippen LogP) is 4.54. The molecule has 1 atom stereocenters. The zero-order chi connectivity index (χ0) is 22.1. The van der Waals surface area contributed by atoms with Gasteiger partial charge in [0.15, 0.2) is 0 Å². The lowest BCUT2D eigenvalue weighted by molar-refractivity contribution is -0.129. The van der Waals surface area contributed by atoms with Gasteiger partial charge in [-0.15, -0.1) is 0 Å². The number of nitriles is 1. The van der Waals surface area contributed by atoms with E-state index in [1.807, 2.05) is 12.1 Å². The Kier molecular flexibility index (Phi) is 5.84. The molecule has 31 heavy (non-hydrogen) atoms. The minimum Gasteiger partial charge on any atom is -0.497 e. The fourth-order valence-electron chi connectivity index (χ4n) is 4.02. The molecular formula is C24H25N3O3S. The number of allylic oxidation sites excluding steroid dienone is 1. The van der Waals surface area contributed by atoms with E-state index in [1.165, 1.54) is 22.9 Å². The Morgan fingerprint density at radius 3 is 2.58 bits per heavy atom. The van der Waals surface area contributed by atoms with Crippen molar-refractivity contribution in [1.29, 1.82) is 5.26 Å². The molecule has 2 aromatic rings. The number of fused-ring (bicyclic) bond motifs is 1. The summed E-state index contributed by atoms with van der Waals surface area (Å²) in [5, 5.41) is 10.8. The molecule has 160 valence electrons. The van der Waals surface area contributed by atoms with Crippen molar-refractivity contribution in [2.75, 3.05) is 31.7 Å². The van der Waals surface area contributed by atoms with Crippen molar-refractivity contribution in [3.8, 4) is 17.6 Å². The van der Waals surface area contributed by atoms with Gasteiger partial charge < -0.3 is 14.4 Å². The third-order valence-corrected chi connectivity index (χ3v) is 7.12. The predicted molar refractivity (Wildman–Crippen MR) is 122 cm³/mol. The number of nitrogens with zero attached hydrogens (tertiary/aromatic N) is 3. The molecule has 0 spiro atoms. The van der Waals surface area contributed by atoms with E-state index in [9.17, 15) is 10.1 Å². The van der Waals surface area contributed by atoms with Gasteiger partial charge in [0, 0.05) is 29.7 Å². The van der Waals surface area contributed by atoms with Gasteiger partial charge in [0.25, 0.3) is 0 Å². The first-order chi connectivity index (χ1) is 15.0. The Morgan fingerprint density at radius 2 is 1.90 bits per heavy atom. The zero-order valence-electron chi connectivity index (χ0n) is 18.1. The summed E-state index contributed by atoms with van der Waals surface area (Å²) in [7, 11) is 3.18. The van der Waals surface area contributed by atoms with Crippen molar-refractivity contribution in [2.45, 2.75) is 26.2 Å². The molecule has 0 aromatic heterocycles. The number of hydrogen-bond donors (Lipinski definition) is 0. The molecule has 2 aliphatic heterocycles. The molecule has 0 radical (unpaired) electrons. The van der Waals surface area contributed by atoms with Gasteiger partial charge in [-0.25, -0.2) is 0 Å². The highest BCUT2D eigenvalue weighted by molar-refractivity contribution is 8.03. The molecule has 7 heteroatoms. The largest absolute Gasteiger partial charge is 0.497 e. The highest BCUT2D eigenvalue weighted by Gasteiger charge is 2.39. The van der Waals surface area contributed by atoms with Crippen LogP contribution in [0.15, 0.2) is 47.0 Å². The third-order valence-electron chi connectivity index (χ3n) is 5.97. The standard InChI is InChI=1S/C24H25N3O3S/c1-15-5-6-17(9-16(15)2)26-13-27-23(28)11-20(21(12-25)24(27)31-14-26)19-8-7-18(29-3)10-22(19)30-4/h5-10,20H,11,13-14H2,1-4H3/t20-/m1/s1. The Labute approximate surface area is 187 Å². The van der Waals surface area contributed by atoms with E-state index in [1.54, 1.807) is 25.2 Å². The van der Waals surface area contributed by atoms with Crippen molar-refractivity contribution in [3.05, 3.63) is 63.7 Å². The van der Waals surface area contributed by atoms with Crippen LogP contribution < -0.4 is 14.4 Å². The lowest BCUT2D eigenvalue weighted by atomic mass is 9.86. The quantitative estimate of drug-likeness (QED) is 0.703. The van der Waals surface area contributed by atoms with Crippen LogP contribution in [-0.4, -0.2) is 37.6 Å². The molecule has 0 N–H and O–H groups in total. The first-order valence-corrected chi connectivity index (χ1v) is 11.1. The molecular weight excluding hydrogens is 410 g/mol. The summed E-state index contributed by atoms with van der Waals surface area (Å²) < 4.78 is 10.8. The Balaban J connectivity index is 1.68. The summed E-state index contributed by atoms with van der Waals surface area (Å²) in [5.74, 6) is 1.66. The fraction of sp³-hybridized carbons (Fsp3) is 0.333. The van der Waals surface area contributed by atoms with Crippen molar-refractivity contribution in [2.24, 2.45) is 0 Å². The summed E-state index contributed by atoms with van der Waals surface area (Å²) in [6.45, 7) is 4.63. The topological polar surface area (TPSA) is 65.8 Å². The van der Waals surface area contributed by atoms with Crippen LogP contribution in [0, 0.1) is 25.2 Å². The van der Waals surface area contributed by atoms with Crippen molar-refractivity contribution in [1.82, 2.24) is 4.90 Å². The van der Waals surface area contributed by atoms with Gasteiger partial charge in [-0.1, -0.05) is 23.9 Å². The monoisotopic (exact) mass is 435 g/mol. The Hall–Kier alpha value is -3.11. The number of carbonyl (C=O) groups excluding carboxylic acids is 1. The lowest BCUT2D eigenvalue weighted by Gasteiger charge is -2.42. The molecule has 1 amide bonds. The zero-order valence-corrected chi connectivity index (χ0v) is 19.0. The molecule has 0 saturated carbocycles. The number of aryl methyl sites for hydroxylation is 2. The number of benzene rings is 2. The minimum atomic E-state index is -0.328. The van der Waals surface area contributed by atoms with Crippen LogP contribution >= 0.6 is 11.8 Å². The van der Waals surface area contributed by atoms with Crippen molar-refractivity contribution >= 4 is 23.4 Å². The van der Waals surface area contributed by atoms with Crippen molar-refractivity contribution in [3.63, 3.8) is 0 Å². The molecule has 2 aliphatic rings. The number of anilines is 1. The van der Waals surface area contributed by atoms with Crippen LogP contribution in [0.4, 0.5) is 5.69 Å². The molecule has 2 aromatic carbocycles. The Bertz CT molecular complexity index is 1110. The number of hydrogen-bond acceptors (Lipinski definition) is 6. The van der Waals surface area contributed by atoms with Gasteiger partial charge in [-0.2, -0.15) is 5.26 Å². The van der Waals surface area contributed by atoms with E-state index < -0.39 is 0 Å². The van der Waals surface area contributed by atoms with Crippen LogP contribution in [0.25, 0.3) is 0 Å². The van der Waals surface area contributed by atoms with Crippen LogP contribution in [-0.2, 0) is 4.79 Å². The number of ether oxygens (including phenoxy) is 2. The van der Waals surface area contributed by atoms with E-state index in [4.69, 9.17) is 9.47 Å². The smallest absolute Gasteiger partial charge is 0.229 e. The third kappa shape index (κ3) is 3.84. The highest BCUT2D eigenvalue weighted by atomic mass is 32.2. The maximum absolute atomic E-state index is 13.2. The number of amides is 1. The molecule has 6 nitrogen and oxygen atoms in total. The first kappa shape index (κ1) is 21.1. The number of rotatable bonds is 4. The van der Waals surface area contributed by atoms with Gasteiger partial charge in [0.2, 0.25) is 5.91 Å².